The van der Waals surface area contributed by atoms with Crippen molar-refractivity contribution in [2.75, 3.05) is 39.3 Å². The first-order chi connectivity index (χ1) is 16.1. The number of urea groups is 1. The maximum atomic E-state index is 13.0. The second-order valence-corrected chi connectivity index (χ2v) is 9.34. The SMILES string of the molecule is CCOC(=O)C1=C(CN2CCN(C3CCCCC3)CC2)NC(=O)N[C@@H]1c1ccc(CC)cc1. The average molecular weight is 455 g/mol. The fraction of sp³-hybridized carbons (Fsp3) is 0.615. The van der Waals surface area contributed by atoms with E-state index in [1.54, 1.807) is 0 Å². The van der Waals surface area contributed by atoms with E-state index >= 15 is 0 Å². The summed E-state index contributed by atoms with van der Waals surface area (Å²) in [4.78, 5) is 30.6. The van der Waals surface area contributed by atoms with E-state index in [-0.39, 0.29) is 12.0 Å². The Labute approximate surface area is 197 Å². The molecule has 0 unspecified atom stereocenters. The van der Waals surface area contributed by atoms with E-state index in [0.29, 0.717) is 24.4 Å². The van der Waals surface area contributed by atoms with E-state index in [9.17, 15) is 9.59 Å². The number of hydrogen-bond acceptors (Lipinski definition) is 5. The van der Waals surface area contributed by atoms with Crippen molar-refractivity contribution < 1.29 is 14.3 Å². The van der Waals surface area contributed by atoms with Crippen molar-refractivity contribution in [1.82, 2.24) is 20.4 Å². The zero-order chi connectivity index (χ0) is 23.2. The molecule has 0 radical (unpaired) electrons. The number of nitrogens with one attached hydrogen (secondary N) is 2. The average Bonchev–Trinajstić information content (AvgIpc) is 2.85. The number of carbonyl (C=O) groups is 2. The number of rotatable bonds is 7. The smallest absolute Gasteiger partial charge is 0.338 e. The molecule has 0 aromatic heterocycles. The number of ether oxygens (including phenoxy) is 1. The first kappa shape index (κ1) is 23.8. The van der Waals surface area contributed by atoms with Crippen LogP contribution in [0.4, 0.5) is 4.79 Å². The van der Waals surface area contributed by atoms with Crippen molar-refractivity contribution >= 4 is 12.0 Å². The summed E-state index contributed by atoms with van der Waals surface area (Å²) in [6.45, 7) is 8.72. The van der Waals surface area contributed by atoms with Gasteiger partial charge in [0.05, 0.1) is 18.2 Å². The highest BCUT2D eigenvalue weighted by atomic mass is 16.5. The molecule has 2 aliphatic heterocycles. The summed E-state index contributed by atoms with van der Waals surface area (Å²) in [6, 6.07) is 8.03. The molecule has 1 aromatic rings. The summed E-state index contributed by atoms with van der Waals surface area (Å²) in [6.07, 6.45) is 7.65. The lowest BCUT2D eigenvalue weighted by molar-refractivity contribution is -0.139. The molecule has 180 valence electrons. The minimum atomic E-state index is -0.512. The third kappa shape index (κ3) is 5.76. The molecule has 3 aliphatic rings. The minimum absolute atomic E-state index is 0.275. The van der Waals surface area contributed by atoms with E-state index in [1.165, 1.54) is 37.7 Å². The normalized spacial score (nSPS) is 23.2. The Balaban J connectivity index is 1.52. The highest BCUT2D eigenvalue weighted by Gasteiger charge is 2.35. The quantitative estimate of drug-likeness (QED) is 0.618. The molecule has 1 saturated heterocycles. The molecular weight excluding hydrogens is 416 g/mol. The summed E-state index contributed by atoms with van der Waals surface area (Å²) < 4.78 is 5.41. The Kier molecular flexibility index (Phi) is 8.04. The lowest BCUT2D eigenvalue weighted by Crippen LogP contribution is -2.53. The maximum Gasteiger partial charge on any atom is 0.338 e. The molecule has 0 spiro atoms. The summed E-state index contributed by atoms with van der Waals surface area (Å²) in [5, 5.41) is 5.86. The molecule has 2 N–H and O–H groups in total. The van der Waals surface area contributed by atoms with E-state index in [0.717, 1.165) is 44.2 Å². The van der Waals surface area contributed by atoms with Crippen LogP contribution < -0.4 is 10.6 Å². The van der Waals surface area contributed by atoms with Gasteiger partial charge in [0.25, 0.3) is 0 Å². The second-order valence-electron chi connectivity index (χ2n) is 9.34. The van der Waals surface area contributed by atoms with Crippen molar-refractivity contribution in [1.29, 1.82) is 0 Å². The van der Waals surface area contributed by atoms with Crippen LogP contribution in [0.25, 0.3) is 0 Å². The van der Waals surface area contributed by atoms with E-state index in [2.05, 4.69) is 39.5 Å². The van der Waals surface area contributed by atoms with Gasteiger partial charge >= 0.3 is 12.0 Å². The Bertz CT molecular complexity index is 853. The van der Waals surface area contributed by atoms with Gasteiger partial charge in [-0.05, 0) is 37.3 Å². The number of aryl methyl sites for hydroxylation is 1. The predicted octanol–water partition coefficient (Wildman–Crippen LogP) is 3.37. The number of benzene rings is 1. The van der Waals surface area contributed by atoms with Crippen LogP contribution in [0.2, 0.25) is 0 Å². The Morgan fingerprint density at radius 3 is 2.36 bits per heavy atom. The van der Waals surface area contributed by atoms with Gasteiger partial charge in [0.1, 0.15) is 0 Å². The van der Waals surface area contributed by atoms with Crippen LogP contribution in [0.3, 0.4) is 0 Å². The zero-order valence-corrected chi connectivity index (χ0v) is 20.1. The van der Waals surface area contributed by atoms with Crippen LogP contribution >= 0.6 is 0 Å². The topological polar surface area (TPSA) is 73.9 Å². The van der Waals surface area contributed by atoms with E-state index in [1.807, 2.05) is 19.1 Å². The molecule has 1 aromatic carbocycles. The van der Waals surface area contributed by atoms with E-state index in [4.69, 9.17) is 4.74 Å². The molecule has 33 heavy (non-hydrogen) atoms. The van der Waals surface area contributed by atoms with Gasteiger partial charge < -0.3 is 15.4 Å². The molecule has 1 atom stereocenters. The highest BCUT2D eigenvalue weighted by molar-refractivity contribution is 5.95. The maximum absolute atomic E-state index is 13.0. The van der Waals surface area contributed by atoms with Gasteiger partial charge in [0, 0.05) is 44.5 Å². The third-order valence-electron chi connectivity index (χ3n) is 7.25. The second kappa shape index (κ2) is 11.2. The summed E-state index contributed by atoms with van der Waals surface area (Å²) in [7, 11) is 0. The van der Waals surface area contributed by atoms with Crippen molar-refractivity contribution in [3.63, 3.8) is 0 Å². The zero-order valence-electron chi connectivity index (χ0n) is 20.1. The number of amides is 2. The molecule has 7 nitrogen and oxygen atoms in total. The van der Waals surface area contributed by atoms with Crippen LogP contribution in [-0.4, -0.2) is 67.2 Å². The number of nitrogens with zero attached hydrogens (tertiary/aromatic N) is 2. The number of esters is 1. The van der Waals surface area contributed by atoms with Crippen LogP contribution in [0.5, 0.6) is 0 Å². The molecule has 2 amide bonds. The standard InChI is InChI=1S/C26H38N4O3/c1-3-19-10-12-20(13-11-19)24-23(25(31)33-4-2)22(27-26(32)28-24)18-29-14-16-30(17-15-29)21-8-6-5-7-9-21/h10-13,21,24H,3-9,14-18H2,1-2H3,(H2,27,28,32)/t24-/m1/s1. The predicted molar refractivity (Wildman–Crippen MR) is 129 cm³/mol. The van der Waals surface area contributed by atoms with Gasteiger partial charge in [-0.1, -0.05) is 50.5 Å². The first-order valence-electron chi connectivity index (χ1n) is 12.6. The van der Waals surface area contributed by atoms with Crippen LogP contribution in [0.1, 0.15) is 63.1 Å². The molecule has 7 heteroatoms. The lowest BCUT2D eigenvalue weighted by atomic mass is 9.93. The summed E-state index contributed by atoms with van der Waals surface area (Å²) in [5.41, 5.74) is 3.28. The molecule has 2 fully saturated rings. The Hall–Kier alpha value is -2.38. The highest BCUT2D eigenvalue weighted by Crippen LogP contribution is 2.29. The fourth-order valence-electron chi connectivity index (χ4n) is 5.34. The van der Waals surface area contributed by atoms with Gasteiger partial charge in [-0.3, -0.25) is 9.80 Å². The molecule has 2 heterocycles. The summed E-state index contributed by atoms with van der Waals surface area (Å²) >= 11 is 0. The van der Waals surface area contributed by atoms with Crippen LogP contribution in [0.15, 0.2) is 35.5 Å². The molecule has 1 aliphatic carbocycles. The van der Waals surface area contributed by atoms with Gasteiger partial charge in [0.2, 0.25) is 0 Å². The Morgan fingerprint density at radius 2 is 1.73 bits per heavy atom. The van der Waals surface area contributed by atoms with Crippen LogP contribution in [-0.2, 0) is 16.0 Å². The molecule has 0 bridgehead atoms. The van der Waals surface area contributed by atoms with Gasteiger partial charge in [-0.25, -0.2) is 9.59 Å². The summed E-state index contributed by atoms with van der Waals surface area (Å²) in [5.74, 6) is -0.370. The van der Waals surface area contributed by atoms with Gasteiger partial charge in [-0.2, -0.15) is 0 Å². The number of hydrogen-bond donors (Lipinski definition) is 2. The number of carbonyl (C=O) groups excluding carboxylic acids is 2. The molecule has 4 rings (SSSR count). The van der Waals surface area contributed by atoms with Crippen LogP contribution in [0, 0.1) is 0 Å². The van der Waals surface area contributed by atoms with Crippen molar-refractivity contribution in [3.05, 3.63) is 46.7 Å². The van der Waals surface area contributed by atoms with Gasteiger partial charge in [-0.15, -0.1) is 0 Å². The van der Waals surface area contributed by atoms with Gasteiger partial charge in [0.15, 0.2) is 0 Å². The lowest BCUT2D eigenvalue weighted by Gasteiger charge is -2.41. The largest absolute Gasteiger partial charge is 0.463 e. The van der Waals surface area contributed by atoms with Crippen molar-refractivity contribution in [3.8, 4) is 0 Å². The number of piperazine rings is 1. The minimum Gasteiger partial charge on any atom is -0.463 e. The molecular formula is C26H38N4O3. The molecule has 1 saturated carbocycles. The van der Waals surface area contributed by atoms with Crippen molar-refractivity contribution in [2.24, 2.45) is 0 Å². The third-order valence-corrected chi connectivity index (χ3v) is 7.25. The first-order valence-corrected chi connectivity index (χ1v) is 12.6. The van der Waals surface area contributed by atoms with E-state index < -0.39 is 6.04 Å². The Morgan fingerprint density at radius 1 is 1.03 bits per heavy atom. The monoisotopic (exact) mass is 454 g/mol. The van der Waals surface area contributed by atoms with Crippen molar-refractivity contribution in [2.45, 2.75) is 64.5 Å². The fourth-order valence-corrected chi connectivity index (χ4v) is 5.34.